The van der Waals surface area contributed by atoms with Gasteiger partial charge in [0, 0.05) is 13.0 Å². The Bertz CT molecular complexity index is 210. The standard InChI is InChI=1S/C9H19N3O2.ClH/c1-2-4-8(11)12-6-3-5-7(10)9(13)14;/h7H,2-6,10H2,1H3,(H2,11,12)(H,13,14);1H. The molecule has 1 unspecified atom stereocenters. The van der Waals surface area contributed by atoms with Crippen LogP contribution in [0.25, 0.3) is 0 Å². The molecule has 0 saturated heterocycles. The molecule has 5 N–H and O–H groups in total. The summed E-state index contributed by atoms with van der Waals surface area (Å²) in [5, 5.41) is 8.49. The summed E-state index contributed by atoms with van der Waals surface area (Å²) in [5.41, 5.74) is 10.9. The van der Waals surface area contributed by atoms with Crippen LogP contribution in [0.2, 0.25) is 0 Å². The van der Waals surface area contributed by atoms with Gasteiger partial charge < -0.3 is 16.6 Å². The summed E-state index contributed by atoms with van der Waals surface area (Å²) in [6.45, 7) is 2.59. The largest absolute Gasteiger partial charge is 0.480 e. The van der Waals surface area contributed by atoms with Gasteiger partial charge in [0.25, 0.3) is 0 Å². The Hall–Kier alpha value is -0.810. The molecule has 90 valence electrons. The van der Waals surface area contributed by atoms with Crippen molar-refractivity contribution < 1.29 is 9.90 Å². The lowest BCUT2D eigenvalue weighted by Crippen LogP contribution is -2.30. The van der Waals surface area contributed by atoms with Gasteiger partial charge in [0.1, 0.15) is 6.04 Å². The maximum Gasteiger partial charge on any atom is 0.320 e. The minimum absolute atomic E-state index is 0. The number of carboxylic acid groups (broad SMARTS) is 1. The molecular formula is C9H20ClN3O2. The molecule has 0 aliphatic rings. The summed E-state index contributed by atoms with van der Waals surface area (Å²) < 4.78 is 0. The maximum absolute atomic E-state index is 10.3. The summed E-state index contributed by atoms with van der Waals surface area (Å²) in [6, 6.07) is -0.780. The Morgan fingerprint density at radius 1 is 1.53 bits per heavy atom. The van der Waals surface area contributed by atoms with Crippen LogP contribution in [0, 0.1) is 0 Å². The summed E-state index contributed by atoms with van der Waals surface area (Å²) in [5.74, 6) is -0.327. The van der Waals surface area contributed by atoms with Crippen molar-refractivity contribution in [1.29, 1.82) is 0 Å². The van der Waals surface area contributed by atoms with Crippen LogP contribution in [0.4, 0.5) is 0 Å². The third-order valence-electron chi connectivity index (χ3n) is 1.81. The minimum atomic E-state index is -0.962. The zero-order valence-corrected chi connectivity index (χ0v) is 9.80. The highest BCUT2D eigenvalue weighted by atomic mass is 35.5. The van der Waals surface area contributed by atoms with Gasteiger partial charge in [-0.05, 0) is 19.3 Å². The highest BCUT2D eigenvalue weighted by Crippen LogP contribution is 1.96. The van der Waals surface area contributed by atoms with Crippen LogP contribution >= 0.6 is 12.4 Å². The van der Waals surface area contributed by atoms with Gasteiger partial charge in [-0.15, -0.1) is 12.4 Å². The number of hydrogen-bond acceptors (Lipinski definition) is 3. The van der Waals surface area contributed by atoms with Crippen LogP contribution in [0.15, 0.2) is 4.99 Å². The molecule has 0 fully saturated rings. The number of nitrogens with two attached hydrogens (primary N) is 2. The number of amidine groups is 1. The van der Waals surface area contributed by atoms with Crippen molar-refractivity contribution in [2.75, 3.05) is 6.54 Å². The fraction of sp³-hybridized carbons (Fsp3) is 0.778. The number of nitrogens with zero attached hydrogens (tertiary/aromatic N) is 1. The Morgan fingerprint density at radius 3 is 2.60 bits per heavy atom. The van der Waals surface area contributed by atoms with Gasteiger partial charge in [-0.3, -0.25) is 9.79 Å². The molecule has 0 saturated carbocycles. The number of carbonyl (C=O) groups is 1. The van der Waals surface area contributed by atoms with Crippen molar-refractivity contribution in [2.24, 2.45) is 16.5 Å². The number of aliphatic imine (C=N–C) groups is 1. The second kappa shape index (κ2) is 9.73. The van der Waals surface area contributed by atoms with E-state index in [1.807, 2.05) is 6.92 Å². The number of rotatable bonds is 7. The zero-order chi connectivity index (χ0) is 11.0. The van der Waals surface area contributed by atoms with E-state index in [0.717, 1.165) is 12.8 Å². The Labute approximate surface area is 96.3 Å². The zero-order valence-electron chi connectivity index (χ0n) is 8.98. The van der Waals surface area contributed by atoms with Crippen LogP contribution in [0.3, 0.4) is 0 Å². The normalized spacial score (nSPS) is 13.1. The summed E-state index contributed by atoms with van der Waals surface area (Å²) in [6.07, 6.45) is 2.88. The van der Waals surface area contributed by atoms with Crippen LogP contribution in [0.5, 0.6) is 0 Å². The van der Waals surface area contributed by atoms with E-state index in [0.29, 0.717) is 25.2 Å². The molecular weight excluding hydrogens is 218 g/mol. The quantitative estimate of drug-likeness (QED) is 0.346. The molecule has 0 spiro atoms. The van der Waals surface area contributed by atoms with Crippen LogP contribution in [-0.2, 0) is 4.79 Å². The van der Waals surface area contributed by atoms with Crippen molar-refractivity contribution in [3.05, 3.63) is 0 Å². The second-order valence-electron chi connectivity index (χ2n) is 3.21. The smallest absolute Gasteiger partial charge is 0.320 e. The van der Waals surface area contributed by atoms with Gasteiger partial charge in [0.15, 0.2) is 0 Å². The topological polar surface area (TPSA) is 102 Å². The van der Waals surface area contributed by atoms with E-state index < -0.39 is 12.0 Å². The minimum Gasteiger partial charge on any atom is -0.480 e. The molecule has 0 bridgehead atoms. The number of halogens is 1. The number of aliphatic carboxylic acids is 1. The molecule has 0 rings (SSSR count). The first-order valence-corrected chi connectivity index (χ1v) is 4.85. The molecule has 0 aromatic rings. The molecule has 0 aromatic heterocycles. The average molecular weight is 238 g/mol. The van der Waals surface area contributed by atoms with E-state index in [9.17, 15) is 4.79 Å². The SMILES string of the molecule is CCCC(N)=NCCCC(N)C(=O)O.Cl. The van der Waals surface area contributed by atoms with Crippen LogP contribution < -0.4 is 11.5 Å². The first-order chi connectivity index (χ1) is 6.57. The maximum atomic E-state index is 10.3. The summed E-state index contributed by atoms with van der Waals surface area (Å²) in [7, 11) is 0. The molecule has 6 heteroatoms. The van der Waals surface area contributed by atoms with E-state index in [-0.39, 0.29) is 12.4 Å². The fourth-order valence-corrected chi connectivity index (χ4v) is 0.993. The molecule has 0 amide bonds. The molecule has 5 nitrogen and oxygen atoms in total. The first-order valence-electron chi connectivity index (χ1n) is 4.85. The number of hydrogen-bond donors (Lipinski definition) is 3. The predicted molar refractivity (Wildman–Crippen MR) is 63.5 cm³/mol. The molecule has 0 heterocycles. The van der Waals surface area contributed by atoms with Crippen molar-refractivity contribution in [3.8, 4) is 0 Å². The van der Waals surface area contributed by atoms with E-state index in [2.05, 4.69) is 4.99 Å². The highest BCUT2D eigenvalue weighted by Gasteiger charge is 2.09. The van der Waals surface area contributed by atoms with E-state index in [1.165, 1.54) is 0 Å². The average Bonchev–Trinajstić information content (AvgIpc) is 2.12. The van der Waals surface area contributed by atoms with Crippen LogP contribution in [0.1, 0.15) is 32.6 Å². The molecule has 0 aromatic carbocycles. The van der Waals surface area contributed by atoms with Crippen molar-refractivity contribution in [3.63, 3.8) is 0 Å². The fourth-order valence-electron chi connectivity index (χ4n) is 0.993. The van der Waals surface area contributed by atoms with Crippen molar-refractivity contribution >= 4 is 24.2 Å². The summed E-state index contributed by atoms with van der Waals surface area (Å²) >= 11 is 0. The first kappa shape index (κ1) is 16.6. The van der Waals surface area contributed by atoms with Crippen molar-refractivity contribution in [1.82, 2.24) is 0 Å². The van der Waals surface area contributed by atoms with Gasteiger partial charge in [-0.25, -0.2) is 0 Å². The van der Waals surface area contributed by atoms with Gasteiger partial charge in [-0.1, -0.05) is 6.92 Å². The lowest BCUT2D eigenvalue weighted by molar-refractivity contribution is -0.138. The third kappa shape index (κ3) is 9.49. The van der Waals surface area contributed by atoms with Crippen molar-refractivity contribution in [2.45, 2.75) is 38.6 Å². The Balaban J connectivity index is 0. The lowest BCUT2D eigenvalue weighted by Gasteiger charge is -2.04. The lowest BCUT2D eigenvalue weighted by atomic mass is 10.2. The van der Waals surface area contributed by atoms with Gasteiger partial charge in [0.05, 0.1) is 5.84 Å². The van der Waals surface area contributed by atoms with E-state index in [4.69, 9.17) is 16.6 Å². The van der Waals surface area contributed by atoms with E-state index >= 15 is 0 Å². The second-order valence-corrected chi connectivity index (χ2v) is 3.21. The molecule has 0 radical (unpaired) electrons. The molecule has 0 aliphatic heterocycles. The predicted octanol–water partition coefficient (Wildman–Crippen LogP) is 0.758. The third-order valence-corrected chi connectivity index (χ3v) is 1.81. The molecule has 15 heavy (non-hydrogen) atoms. The van der Waals surface area contributed by atoms with Gasteiger partial charge >= 0.3 is 5.97 Å². The molecule has 0 aliphatic carbocycles. The number of carboxylic acids is 1. The van der Waals surface area contributed by atoms with Gasteiger partial charge in [0.2, 0.25) is 0 Å². The van der Waals surface area contributed by atoms with Gasteiger partial charge in [-0.2, -0.15) is 0 Å². The Kier molecular flexibility index (Phi) is 10.8. The Morgan fingerprint density at radius 2 is 2.13 bits per heavy atom. The van der Waals surface area contributed by atoms with E-state index in [1.54, 1.807) is 0 Å². The van der Waals surface area contributed by atoms with Crippen LogP contribution in [-0.4, -0.2) is 29.5 Å². The monoisotopic (exact) mass is 237 g/mol. The molecule has 1 atom stereocenters. The summed E-state index contributed by atoms with van der Waals surface area (Å²) in [4.78, 5) is 14.4. The highest BCUT2D eigenvalue weighted by molar-refractivity contribution is 5.85.